The molecule has 0 saturated carbocycles. The number of nitrogens with one attached hydrogen (secondary N) is 1. The number of hydrogen-bond donors (Lipinski definition) is 1. The highest BCUT2D eigenvalue weighted by molar-refractivity contribution is 9.10. The molecule has 1 heterocycles. The number of benzene rings is 1. The first-order valence-corrected chi connectivity index (χ1v) is 8.23. The molecule has 1 N–H and O–H groups in total. The van der Waals surface area contributed by atoms with Crippen molar-refractivity contribution in [3.8, 4) is 0 Å². The van der Waals surface area contributed by atoms with E-state index in [9.17, 15) is 18.5 Å². The SMILES string of the molecule is CC1CN(S(=O)(=O)c2ccc([N+](=O)[O-])c(Br)c2)CCN1.Cl. The monoisotopic (exact) mass is 399 g/mol. The minimum absolute atomic E-state index is 0. The second kappa shape index (κ2) is 7.01. The number of nitro benzene ring substituents is 1. The van der Waals surface area contributed by atoms with E-state index in [-0.39, 0.29) is 33.5 Å². The average Bonchev–Trinajstić information content (AvgIpc) is 2.38. The van der Waals surface area contributed by atoms with Gasteiger partial charge < -0.3 is 5.32 Å². The van der Waals surface area contributed by atoms with E-state index in [0.717, 1.165) is 0 Å². The van der Waals surface area contributed by atoms with Crippen LogP contribution in [0.5, 0.6) is 0 Å². The van der Waals surface area contributed by atoms with Gasteiger partial charge in [-0.1, -0.05) is 0 Å². The Morgan fingerprint density at radius 2 is 2.14 bits per heavy atom. The quantitative estimate of drug-likeness (QED) is 0.616. The van der Waals surface area contributed by atoms with Crippen LogP contribution in [0.1, 0.15) is 6.92 Å². The van der Waals surface area contributed by atoms with Gasteiger partial charge in [-0.3, -0.25) is 10.1 Å². The van der Waals surface area contributed by atoms with E-state index in [0.29, 0.717) is 19.6 Å². The van der Waals surface area contributed by atoms with Gasteiger partial charge in [-0.05, 0) is 35.0 Å². The summed E-state index contributed by atoms with van der Waals surface area (Å²) in [5, 5.41) is 13.9. The third-order valence-corrected chi connectivity index (χ3v) is 5.58. The molecule has 0 aromatic heterocycles. The molecular weight excluding hydrogens is 386 g/mol. The van der Waals surface area contributed by atoms with Gasteiger partial charge in [0.2, 0.25) is 10.0 Å². The number of nitrogens with zero attached hydrogens (tertiary/aromatic N) is 2. The summed E-state index contributed by atoms with van der Waals surface area (Å²) in [6.45, 7) is 3.28. The van der Waals surface area contributed by atoms with Crippen LogP contribution in [0.4, 0.5) is 5.69 Å². The van der Waals surface area contributed by atoms with Crippen molar-refractivity contribution in [2.75, 3.05) is 19.6 Å². The zero-order valence-corrected chi connectivity index (χ0v) is 14.4. The van der Waals surface area contributed by atoms with Crippen LogP contribution in [-0.4, -0.2) is 43.3 Å². The Morgan fingerprint density at radius 1 is 1.48 bits per heavy atom. The van der Waals surface area contributed by atoms with E-state index in [1.54, 1.807) is 0 Å². The second-order valence-electron chi connectivity index (χ2n) is 4.59. The van der Waals surface area contributed by atoms with E-state index in [4.69, 9.17) is 0 Å². The lowest BCUT2D eigenvalue weighted by molar-refractivity contribution is -0.385. The van der Waals surface area contributed by atoms with Gasteiger partial charge in [-0.2, -0.15) is 4.31 Å². The average molecular weight is 401 g/mol. The van der Waals surface area contributed by atoms with Gasteiger partial charge in [-0.15, -0.1) is 12.4 Å². The van der Waals surface area contributed by atoms with E-state index >= 15 is 0 Å². The fourth-order valence-electron chi connectivity index (χ4n) is 2.06. The third-order valence-electron chi connectivity index (χ3n) is 3.09. The molecule has 1 aliphatic rings. The molecule has 2 rings (SSSR count). The van der Waals surface area contributed by atoms with Gasteiger partial charge >= 0.3 is 0 Å². The summed E-state index contributed by atoms with van der Waals surface area (Å²) < 4.78 is 26.5. The lowest BCUT2D eigenvalue weighted by Crippen LogP contribution is -2.51. The van der Waals surface area contributed by atoms with Crippen molar-refractivity contribution >= 4 is 44.0 Å². The maximum Gasteiger partial charge on any atom is 0.283 e. The van der Waals surface area contributed by atoms with E-state index in [1.165, 1.54) is 22.5 Å². The molecule has 1 saturated heterocycles. The standard InChI is InChI=1S/C11H14BrN3O4S.ClH/c1-8-7-14(5-4-13-8)20(18,19)9-2-3-11(15(16)17)10(12)6-9;/h2-3,6,8,13H,4-5,7H2,1H3;1H. The summed E-state index contributed by atoms with van der Waals surface area (Å²) in [5.41, 5.74) is -0.155. The number of sulfonamides is 1. The van der Waals surface area contributed by atoms with Crippen LogP contribution in [0, 0.1) is 10.1 Å². The molecule has 0 bridgehead atoms. The lowest BCUT2D eigenvalue weighted by atomic mass is 10.3. The van der Waals surface area contributed by atoms with Gasteiger partial charge in [0.05, 0.1) is 14.3 Å². The molecule has 118 valence electrons. The van der Waals surface area contributed by atoms with Gasteiger partial charge in [0.15, 0.2) is 0 Å². The molecule has 21 heavy (non-hydrogen) atoms. The smallest absolute Gasteiger partial charge is 0.283 e. The van der Waals surface area contributed by atoms with Crippen LogP contribution in [0.2, 0.25) is 0 Å². The van der Waals surface area contributed by atoms with Crippen molar-refractivity contribution in [2.45, 2.75) is 17.9 Å². The topological polar surface area (TPSA) is 92.5 Å². The number of rotatable bonds is 3. The van der Waals surface area contributed by atoms with Gasteiger partial charge in [0, 0.05) is 31.7 Å². The van der Waals surface area contributed by atoms with Crippen LogP contribution in [0.3, 0.4) is 0 Å². The van der Waals surface area contributed by atoms with Crippen molar-refractivity contribution in [2.24, 2.45) is 0 Å². The molecule has 1 unspecified atom stereocenters. The second-order valence-corrected chi connectivity index (χ2v) is 7.38. The highest BCUT2D eigenvalue weighted by Gasteiger charge is 2.29. The van der Waals surface area contributed by atoms with Crippen LogP contribution < -0.4 is 5.32 Å². The van der Waals surface area contributed by atoms with Gasteiger partial charge in [0.1, 0.15) is 0 Å². The Kier molecular flexibility index (Phi) is 6.11. The zero-order valence-electron chi connectivity index (χ0n) is 11.2. The molecule has 1 atom stereocenters. The maximum atomic E-state index is 12.5. The predicted molar refractivity (Wildman–Crippen MR) is 84.3 cm³/mol. The number of nitro groups is 1. The lowest BCUT2D eigenvalue weighted by Gasteiger charge is -2.31. The molecule has 0 spiro atoms. The molecule has 1 aromatic rings. The molecule has 1 fully saturated rings. The summed E-state index contributed by atoms with van der Waals surface area (Å²) >= 11 is 3.04. The van der Waals surface area contributed by atoms with Crippen LogP contribution in [0.15, 0.2) is 27.6 Å². The first kappa shape index (κ1) is 18.3. The fourth-order valence-corrected chi connectivity index (χ4v) is 4.29. The number of halogens is 2. The molecular formula is C11H15BrClN3O4S. The van der Waals surface area contributed by atoms with Gasteiger partial charge in [0.25, 0.3) is 5.69 Å². The zero-order chi connectivity index (χ0) is 14.9. The number of piperazine rings is 1. The summed E-state index contributed by atoms with van der Waals surface area (Å²) in [6, 6.07) is 3.83. The Balaban J connectivity index is 0.00000220. The van der Waals surface area contributed by atoms with Crippen LogP contribution in [0.25, 0.3) is 0 Å². The molecule has 0 radical (unpaired) electrons. The van der Waals surface area contributed by atoms with Crippen molar-refractivity contribution in [1.82, 2.24) is 9.62 Å². The Bertz CT molecular complexity index is 640. The normalized spacial score (nSPS) is 19.8. The van der Waals surface area contributed by atoms with E-state index in [2.05, 4.69) is 21.2 Å². The van der Waals surface area contributed by atoms with Crippen LogP contribution >= 0.6 is 28.3 Å². The molecule has 1 aromatic carbocycles. The molecule has 7 nitrogen and oxygen atoms in total. The molecule has 1 aliphatic heterocycles. The molecule has 0 amide bonds. The van der Waals surface area contributed by atoms with Crippen molar-refractivity contribution in [3.05, 3.63) is 32.8 Å². The summed E-state index contributed by atoms with van der Waals surface area (Å²) in [4.78, 5) is 10.2. The van der Waals surface area contributed by atoms with Crippen molar-refractivity contribution in [3.63, 3.8) is 0 Å². The minimum atomic E-state index is -3.62. The van der Waals surface area contributed by atoms with E-state index < -0.39 is 14.9 Å². The summed E-state index contributed by atoms with van der Waals surface area (Å²) in [6.07, 6.45) is 0. The minimum Gasteiger partial charge on any atom is -0.312 e. The predicted octanol–water partition coefficient (Wildman–Crippen LogP) is 1.76. The Labute approximate surface area is 137 Å². The highest BCUT2D eigenvalue weighted by atomic mass is 79.9. The van der Waals surface area contributed by atoms with Crippen molar-refractivity contribution in [1.29, 1.82) is 0 Å². The third kappa shape index (κ3) is 3.92. The van der Waals surface area contributed by atoms with E-state index in [1.807, 2.05) is 6.92 Å². The number of hydrogen-bond acceptors (Lipinski definition) is 5. The maximum absolute atomic E-state index is 12.5. The first-order valence-electron chi connectivity index (χ1n) is 6.00. The first-order chi connectivity index (χ1) is 9.32. The van der Waals surface area contributed by atoms with Crippen LogP contribution in [-0.2, 0) is 10.0 Å². The highest BCUT2D eigenvalue weighted by Crippen LogP contribution is 2.29. The largest absolute Gasteiger partial charge is 0.312 e. The fraction of sp³-hybridized carbons (Fsp3) is 0.455. The summed E-state index contributed by atoms with van der Waals surface area (Å²) in [5.74, 6) is 0. The van der Waals surface area contributed by atoms with Crippen molar-refractivity contribution < 1.29 is 13.3 Å². The Morgan fingerprint density at radius 3 is 2.67 bits per heavy atom. The molecule has 10 heteroatoms. The van der Waals surface area contributed by atoms with Gasteiger partial charge in [-0.25, -0.2) is 8.42 Å². The summed E-state index contributed by atoms with van der Waals surface area (Å²) in [7, 11) is -3.62. The Hall–Kier alpha value is -0.740. The molecule has 0 aliphatic carbocycles.